The number of rotatable bonds is 2. The van der Waals surface area contributed by atoms with E-state index in [0.29, 0.717) is 38.5 Å². The molecule has 3 heterocycles. The van der Waals surface area contributed by atoms with Crippen LogP contribution in [-0.2, 0) is 9.59 Å². The van der Waals surface area contributed by atoms with Gasteiger partial charge in [-0.15, -0.1) is 0 Å². The highest BCUT2D eigenvalue weighted by Crippen LogP contribution is 2.26. The molecule has 0 radical (unpaired) electrons. The number of likely N-dealkylation sites (tertiary alicyclic amines) is 1. The van der Waals surface area contributed by atoms with E-state index in [-0.39, 0.29) is 29.3 Å². The van der Waals surface area contributed by atoms with E-state index in [1.807, 2.05) is 11.9 Å². The molecule has 0 saturated carbocycles. The smallest absolute Gasteiger partial charge is 0.251 e. The number of likely N-dealkylation sites (N-methyl/N-ethyl adjacent to an activating group) is 1. The predicted molar refractivity (Wildman–Crippen MR) is 87.6 cm³/mol. The Hall–Kier alpha value is -2.22. The van der Waals surface area contributed by atoms with E-state index < -0.39 is 0 Å². The van der Waals surface area contributed by atoms with Gasteiger partial charge in [0.25, 0.3) is 5.56 Å². The normalized spacial score (nSPS) is 22.4. The van der Waals surface area contributed by atoms with Crippen LogP contribution in [0.2, 0.25) is 0 Å². The van der Waals surface area contributed by atoms with Crippen molar-refractivity contribution >= 4 is 11.8 Å². The minimum atomic E-state index is -0.294. The van der Waals surface area contributed by atoms with Gasteiger partial charge in [0.15, 0.2) is 0 Å². The first kappa shape index (κ1) is 16.6. The molecule has 130 valence electrons. The lowest BCUT2D eigenvalue weighted by atomic mass is 9.94. The molecule has 8 heteroatoms. The summed E-state index contributed by atoms with van der Waals surface area (Å²) in [6, 6.07) is 1.21. The van der Waals surface area contributed by atoms with Crippen molar-refractivity contribution in [2.24, 2.45) is 0 Å². The Labute approximate surface area is 140 Å². The average molecular weight is 333 g/mol. The molecule has 24 heavy (non-hydrogen) atoms. The second-order valence-electron chi connectivity index (χ2n) is 6.66. The number of amides is 2. The van der Waals surface area contributed by atoms with Crippen molar-refractivity contribution in [3.63, 3.8) is 0 Å². The number of aryl methyl sites for hydroxylation is 1. The van der Waals surface area contributed by atoms with Crippen molar-refractivity contribution in [3.8, 4) is 0 Å². The molecule has 1 aromatic rings. The first-order valence-electron chi connectivity index (χ1n) is 8.17. The summed E-state index contributed by atoms with van der Waals surface area (Å²) in [4.78, 5) is 48.3. The number of carbonyl (C=O) groups is 2. The summed E-state index contributed by atoms with van der Waals surface area (Å²) in [6.07, 6.45) is 0. The van der Waals surface area contributed by atoms with Gasteiger partial charge in [-0.2, -0.15) is 0 Å². The van der Waals surface area contributed by atoms with Crippen molar-refractivity contribution in [1.82, 2.24) is 24.7 Å². The van der Waals surface area contributed by atoms with Crippen LogP contribution in [-0.4, -0.2) is 82.3 Å². The van der Waals surface area contributed by atoms with Crippen LogP contribution in [0.4, 0.5) is 0 Å². The fraction of sp³-hybridized carbons (Fsp3) is 0.625. The van der Waals surface area contributed by atoms with Gasteiger partial charge < -0.3 is 14.8 Å². The molecule has 2 fully saturated rings. The summed E-state index contributed by atoms with van der Waals surface area (Å²) in [5.41, 5.74) is 0.578. The van der Waals surface area contributed by atoms with E-state index in [1.165, 1.54) is 13.0 Å². The maximum Gasteiger partial charge on any atom is 0.251 e. The molecular formula is C16H23N5O3. The van der Waals surface area contributed by atoms with Gasteiger partial charge in [0, 0.05) is 51.6 Å². The van der Waals surface area contributed by atoms with Gasteiger partial charge in [0.1, 0.15) is 11.9 Å². The summed E-state index contributed by atoms with van der Waals surface area (Å²) < 4.78 is 0. The average Bonchev–Trinajstić information content (AvgIpc) is 2.44. The van der Waals surface area contributed by atoms with Gasteiger partial charge in [-0.3, -0.25) is 19.3 Å². The third-order valence-electron chi connectivity index (χ3n) is 4.87. The Morgan fingerprint density at radius 2 is 1.92 bits per heavy atom. The van der Waals surface area contributed by atoms with Gasteiger partial charge >= 0.3 is 0 Å². The molecule has 2 amide bonds. The van der Waals surface area contributed by atoms with Crippen LogP contribution in [0.15, 0.2) is 10.9 Å². The standard InChI is InChI=1S/C16H23N5O3/c1-10-17-13(6-15(23)18-10)12-7-21(8-12)16(24)14-9-20(11(2)22)5-4-19(14)3/h6,12,14H,4-5,7-9H2,1-3H3,(H,17,18,23)/t14-/m1/s1. The first-order chi connectivity index (χ1) is 11.3. The van der Waals surface area contributed by atoms with Gasteiger partial charge in [-0.1, -0.05) is 0 Å². The van der Waals surface area contributed by atoms with Crippen LogP contribution in [0, 0.1) is 6.92 Å². The number of piperazine rings is 1. The summed E-state index contributed by atoms with van der Waals surface area (Å²) in [5, 5.41) is 0. The number of hydrogen-bond donors (Lipinski definition) is 1. The van der Waals surface area contributed by atoms with Crippen molar-refractivity contribution in [2.75, 3.05) is 39.8 Å². The zero-order chi connectivity index (χ0) is 17.4. The van der Waals surface area contributed by atoms with Crippen molar-refractivity contribution in [3.05, 3.63) is 27.9 Å². The zero-order valence-corrected chi connectivity index (χ0v) is 14.3. The highest BCUT2D eigenvalue weighted by atomic mass is 16.2. The van der Waals surface area contributed by atoms with Crippen LogP contribution >= 0.6 is 0 Å². The van der Waals surface area contributed by atoms with Crippen LogP contribution in [0.25, 0.3) is 0 Å². The van der Waals surface area contributed by atoms with Crippen molar-refractivity contribution < 1.29 is 9.59 Å². The highest BCUT2D eigenvalue weighted by Gasteiger charge is 2.39. The second kappa shape index (κ2) is 6.35. The molecule has 0 aromatic carbocycles. The SMILES string of the molecule is CC(=O)N1CCN(C)[C@@H](C(=O)N2CC(c3cc(=O)[nH]c(C)n3)C2)C1. The highest BCUT2D eigenvalue weighted by molar-refractivity contribution is 5.84. The molecule has 2 saturated heterocycles. The largest absolute Gasteiger partial charge is 0.340 e. The fourth-order valence-corrected chi connectivity index (χ4v) is 3.29. The third-order valence-corrected chi connectivity index (χ3v) is 4.87. The maximum absolute atomic E-state index is 12.7. The topological polar surface area (TPSA) is 89.6 Å². The Morgan fingerprint density at radius 3 is 2.54 bits per heavy atom. The summed E-state index contributed by atoms with van der Waals surface area (Å²) >= 11 is 0. The van der Waals surface area contributed by atoms with Crippen LogP contribution in [0.1, 0.15) is 24.4 Å². The third kappa shape index (κ3) is 3.19. The second-order valence-corrected chi connectivity index (χ2v) is 6.66. The number of aromatic nitrogens is 2. The molecule has 0 bridgehead atoms. The van der Waals surface area contributed by atoms with Crippen LogP contribution in [0.5, 0.6) is 0 Å². The molecule has 0 aliphatic carbocycles. The van der Waals surface area contributed by atoms with Gasteiger partial charge in [-0.05, 0) is 14.0 Å². The maximum atomic E-state index is 12.7. The van der Waals surface area contributed by atoms with Crippen LogP contribution < -0.4 is 5.56 Å². The minimum absolute atomic E-state index is 0.00516. The quantitative estimate of drug-likeness (QED) is 0.763. The van der Waals surface area contributed by atoms with E-state index in [1.54, 1.807) is 16.7 Å². The van der Waals surface area contributed by atoms with Crippen LogP contribution in [0.3, 0.4) is 0 Å². The Morgan fingerprint density at radius 1 is 1.21 bits per heavy atom. The van der Waals surface area contributed by atoms with E-state index in [4.69, 9.17) is 0 Å². The van der Waals surface area contributed by atoms with Crippen molar-refractivity contribution in [1.29, 1.82) is 0 Å². The molecule has 8 nitrogen and oxygen atoms in total. The first-order valence-corrected chi connectivity index (χ1v) is 8.17. The van der Waals surface area contributed by atoms with Gasteiger partial charge in [-0.25, -0.2) is 4.98 Å². The molecule has 2 aliphatic heterocycles. The molecule has 0 spiro atoms. The number of hydrogen-bond acceptors (Lipinski definition) is 5. The number of carbonyl (C=O) groups excluding carboxylic acids is 2. The Bertz CT molecular complexity index is 710. The lowest BCUT2D eigenvalue weighted by molar-refractivity contribution is -0.145. The zero-order valence-electron chi connectivity index (χ0n) is 14.3. The van der Waals surface area contributed by atoms with E-state index in [9.17, 15) is 14.4 Å². The molecule has 1 atom stereocenters. The van der Waals surface area contributed by atoms with E-state index in [0.717, 1.165) is 5.69 Å². The molecule has 1 aromatic heterocycles. The van der Waals surface area contributed by atoms with E-state index >= 15 is 0 Å². The number of nitrogens with zero attached hydrogens (tertiary/aromatic N) is 4. The molecule has 2 aliphatic rings. The monoisotopic (exact) mass is 333 g/mol. The number of H-pyrrole nitrogens is 1. The van der Waals surface area contributed by atoms with Gasteiger partial charge in [0.05, 0.1) is 5.69 Å². The number of aromatic amines is 1. The minimum Gasteiger partial charge on any atom is -0.340 e. The number of nitrogens with one attached hydrogen (secondary N) is 1. The Kier molecular flexibility index (Phi) is 4.40. The summed E-state index contributed by atoms with van der Waals surface area (Å²) in [7, 11) is 1.92. The lowest BCUT2D eigenvalue weighted by Gasteiger charge is -2.45. The molecular weight excluding hydrogens is 310 g/mol. The summed E-state index contributed by atoms with van der Waals surface area (Å²) in [5.74, 6) is 0.742. The predicted octanol–water partition coefficient (Wildman–Crippen LogP) is -0.833. The lowest BCUT2D eigenvalue weighted by Crippen LogP contribution is -2.62. The molecule has 1 N–H and O–H groups in total. The van der Waals surface area contributed by atoms with Gasteiger partial charge in [0.2, 0.25) is 11.8 Å². The fourth-order valence-electron chi connectivity index (χ4n) is 3.29. The van der Waals surface area contributed by atoms with Crippen molar-refractivity contribution in [2.45, 2.75) is 25.8 Å². The summed E-state index contributed by atoms with van der Waals surface area (Å²) in [6.45, 7) is 6.22. The van der Waals surface area contributed by atoms with E-state index in [2.05, 4.69) is 9.97 Å². The molecule has 3 rings (SSSR count). The Balaban J connectivity index is 1.63. The molecule has 0 unspecified atom stereocenters.